The van der Waals surface area contributed by atoms with E-state index in [1.54, 1.807) is 0 Å². The third-order valence-electron chi connectivity index (χ3n) is 0. The van der Waals surface area contributed by atoms with Gasteiger partial charge in [-0.15, -0.1) is 0 Å². The van der Waals surface area contributed by atoms with Crippen LogP contribution in [0.3, 0.4) is 0 Å². The van der Waals surface area contributed by atoms with Crippen molar-refractivity contribution in [2.24, 2.45) is 0 Å². The molecule has 0 fully saturated rings. The number of hydrogen-bond acceptors (Lipinski definition) is 5. The maximum atomic E-state index is 8.82. The van der Waals surface area contributed by atoms with Crippen LogP contribution in [0.4, 0.5) is 0 Å². The molecule has 3 N–H and O–H groups in total. The summed E-state index contributed by atoms with van der Waals surface area (Å²) in [6.07, 6.45) is 0. The van der Waals surface area contributed by atoms with E-state index in [0.717, 1.165) is 0 Å². The van der Waals surface area contributed by atoms with Gasteiger partial charge in [-0.3, -0.25) is 0 Å². The molecule has 0 saturated heterocycles. The van der Waals surface area contributed by atoms with Gasteiger partial charge in [-0.1, -0.05) is 0 Å². The fourth-order valence-electron chi connectivity index (χ4n) is 0. The molecular weight excluding hydrogens is 271 g/mol. The van der Waals surface area contributed by atoms with Crippen LogP contribution >= 0.6 is 0 Å². The molecule has 0 aliphatic heterocycles. The van der Waals surface area contributed by atoms with Gasteiger partial charge in [0.2, 0.25) is 0 Å². The maximum absolute atomic E-state index is 8.82. The van der Waals surface area contributed by atoms with E-state index in [1.165, 1.54) is 0 Å². The van der Waals surface area contributed by atoms with Crippen LogP contribution < -0.4 is 55.5 Å². The Labute approximate surface area is 108 Å². The summed E-state index contributed by atoms with van der Waals surface area (Å²) < 4.78 is 65.0. The van der Waals surface area contributed by atoms with E-state index in [1.807, 2.05) is 0 Å². The fraction of sp³-hybridized carbons (Fsp3) is 0. The first-order valence-electron chi connectivity index (χ1n) is 1.38. The Kier molecular flexibility index (Phi) is 12.1. The van der Waals surface area contributed by atoms with E-state index in [0.29, 0.717) is 0 Å². The number of hydrogen-bond donors (Lipinski definition) is 3. The molecule has 8 nitrogen and oxygen atoms in total. The van der Waals surface area contributed by atoms with E-state index in [2.05, 4.69) is 0 Å². The van der Waals surface area contributed by atoms with Crippen LogP contribution in [-0.4, -0.2) is 12.5 Å². The van der Waals surface area contributed by atoms with Gasteiger partial charge in [-0.05, 0) is 0 Å². The third kappa shape index (κ3) is 367. The third-order valence-corrected chi connectivity index (χ3v) is 0. The Bertz CT molecular complexity index is 208. The van der Waals surface area contributed by atoms with Gasteiger partial charge in [-0.25, -0.2) is 0 Å². The van der Waals surface area contributed by atoms with Gasteiger partial charge in [0.05, 0.1) is 0 Å². The van der Waals surface area contributed by atoms with E-state index in [4.69, 9.17) is 31.8 Å². The quantitative estimate of drug-likeness (QED) is 0.369. The summed E-state index contributed by atoms with van der Waals surface area (Å²) in [5.41, 5.74) is 0. The Morgan fingerprint density at radius 3 is 0.909 bits per heavy atom. The standard InChI is InChI=1S/2Cr.K.3H2O.5O/h;;;3*1H2;;;;;/q+1;+2;+1;;;;;;;;-1/p-3. The SMILES string of the molecule is [K+].[O]=[Cr](=[O])([O-])[OH].[O]=[Cr](=[O])([OH])[OH]. The van der Waals surface area contributed by atoms with E-state index in [-0.39, 0.29) is 51.4 Å². The minimum absolute atomic E-state index is 0. The summed E-state index contributed by atoms with van der Waals surface area (Å²) in [5, 5.41) is 0. The van der Waals surface area contributed by atoms with Crippen LogP contribution in [0.15, 0.2) is 0 Å². The molecule has 0 aliphatic rings. The molecule has 0 atom stereocenters. The van der Waals surface area contributed by atoms with Crippen LogP contribution in [-0.2, 0) is 42.4 Å². The van der Waals surface area contributed by atoms with Crippen molar-refractivity contribution in [1.29, 1.82) is 0 Å². The van der Waals surface area contributed by atoms with Gasteiger partial charge >= 0.3 is 110 Å². The predicted molar refractivity (Wildman–Crippen MR) is 9.40 cm³/mol. The van der Waals surface area contributed by atoms with Crippen molar-refractivity contribution < 1.29 is 110 Å². The molecule has 0 unspecified atom stereocenters. The molecule has 0 heterocycles. The average Bonchev–Trinajstić information content (AvgIpc) is 1.12. The van der Waals surface area contributed by atoms with Crippen LogP contribution in [0.5, 0.6) is 0 Å². The van der Waals surface area contributed by atoms with Crippen molar-refractivity contribution in [3.05, 3.63) is 0 Å². The van der Waals surface area contributed by atoms with Crippen molar-refractivity contribution >= 4 is 0 Å². The molecule has 0 spiro atoms. The Hall–Kier alpha value is 1.74. The van der Waals surface area contributed by atoms with Gasteiger partial charge in [-0.2, -0.15) is 0 Å². The molecule has 0 bridgehead atoms. The minimum atomic E-state index is -5.50. The number of rotatable bonds is 0. The second kappa shape index (κ2) is 7.17. The summed E-state index contributed by atoms with van der Waals surface area (Å²) in [4.78, 5) is 0. The van der Waals surface area contributed by atoms with Crippen LogP contribution in [0.25, 0.3) is 0 Å². The topological polar surface area (TPSA) is 152 Å². The predicted octanol–water partition coefficient (Wildman–Crippen LogP) is -6.34. The van der Waals surface area contributed by atoms with E-state index >= 15 is 0 Å². The van der Waals surface area contributed by atoms with Crippen molar-refractivity contribution in [3.8, 4) is 0 Å². The zero-order valence-corrected chi connectivity index (χ0v) is 10.9. The van der Waals surface area contributed by atoms with Crippen LogP contribution in [0.2, 0.25) is 0 Å². The van der Waals surface area contributed by atoms with Crippen molar-refractivity contribution in [2.75, 3.05) is 0 Å². The van der Waals surface area contributed by atoms with E-state index in [9.17, 15) is 0 Å². The molecule has 11 heteroatoms. The fourth-order valence-corrected chi connectivity index (χ4v) is 0. The molecule has 0 aromatic rings. The Morgan fingerprint density at radius 1 is 0.909 bits per heavy atom. The second-order valence-corrected chi connectivity index (χ2v) is 3.61. The molecule has 0 saturated carbocycles. The molecule has 0 aromatic heterocycles. The van der Waals surface area contributed by atoms with Crippen LogP contribution in [0, 0.1) is 0 Å². The molecule has 0 aliphatic carbocycles. The first kappa shape index (κ1) is 18.5. The summed E-state index contributed by atoms with van der Waals surface area (Å²) >= 11 is -10.8. The first-order valence-corrected chi connectivity index (χ1v) is 5.69. The first-order chi connectivity index (χ1) is 4.00. The zero-order valence-electron chi connectivity index (χ0n) is 5.20. The summed E-state index contributed by atoms with van der Waals surface area (Å²) in [6.45, 7) is 0. The summed E-state index contributed by atoms with van der Waals surface area (Å²) in [5.74, 6) is 0. The van der Waals surface area contributed by atoms with E-state index < -0.39 is 27.2 Å². The summed E-state index contributed by atoms with van der Waals surface area (Å²) in [7, 11) is 0. The van der Waals surface area contributed by atoms with Crippen molar-refractivity contribution in [3.63, 3.8) is 0 Å². The molecule has 0 radical (unpaired) electrons. The zero-order chi connectivity index (χ0) is 9.00. The van der Waals surface area contributed by atoms with Gasteiger partial charge in [0.15, 0.2) is 0 Å². The average molecular weight is 274 g/mol. The second-order valence-electron chi connectivity index (χ2n) is 0.876. The van der Waals surface area contributed by atoms with Gasteiger partial charge < -0.3 is 0 Å². The molecular formula is H3Cr2KO8. The Balaban J connectivity index is -0.000000107. The summed E-state index contributed by atoms with van der Waals surface area (Å²) in [6, 6.07) is 0. The normalized spacial score (nSPS) is 10.5. The van der Waals surface area contributed by atoms with Crippen molar-refractivity contribution in [2.45, 2.75) is 0 Å². The van der Waals surface area contributed by atoms with Gasteiger partial charge in [0.1, 0.15) is 0 Å². The van der Waals surface area contributed by atoms with Gasteiger partial charge in [0.25, 0.3) is 0 Å². The Morgan fingerprint density at radius 2 is 0.909 bits per heavy atom. The van der Waals surface area contributed by atoms with Crippen molar-refractivity contribution in [1.82, 2.24) is 0 Å². The van der Waals surface area contributed by atoms with Gasteiger partial charge in [0, 0.05) is 0 Å². The molecule has 64 valence electrons. The molecule has 11 heavy (non-hydrogen) atoms. The molecule has 0 aromatic carbocycles. The monoisotopic (exact) mass is 274 g/mol. The molecule has 0 amide bonds. The molecule has 0 rings (SSSR count). The van der Waals surface area contributed by atoms with Crippen LogP contribution in [0.1, 0.15) is 0 Å².